The number of benzene rings is 1. The SMILES string of the molecule is CC(NC(=O)C(N)c1ccccc1)c1ccsc1. The minimum atomic E-state index is -0.618. The fourth-order valence-electron chi connectivity index (χ4n) is 1.72. The van der Waals surface area contributed by atoms with E-state index in [1.807, 2.05) is 54.1 Å². The van der Waals surface area contributed by atoms with Crippen molar-refractivity contribution in [2.45, 2.75) is 19.0 Å². The predicted molar refractivity (Wildman–Crippen MR) is 74.2 cm³/mol. The Morgan fingerprint density at radius 1 is 1.22 bits per heavy atom. The molecule has 0 bridgehead atoms. The van der Waals surface area contributed by atoms with Gasteiger partial charge in [0.1, 0.15) is 6.04 Å². The van der Waals surface area contributed by atoms with E-state index in [0.717, 1.165) is 11.1 Å². The summed E-state index contributed by atoms with van der Waals surface area (Å²) < 4.78 is 0. The van der Waals surface area contributed by atoms with Crippen molar-refractivity contribution in [2.75, 3.05) is 0 Å². The fourth-order valence-corrected chi connectivity index (χ4v) is 2.47. The van der Waals surface area contributed by atoms with Crippen LogP contribution in [0.15, 0.2) is 47.2 Å². The molecule has 4 heteroatoms. The van der Waals surface area contributed by atoms with Gasteiger partial charge in [-0.2, -0.15) is 11.3 Å². The van der Waals surface area contributed by atoms with Gasteiger partial charge in [-0.15, -0.1) is 0 Å². The molecule has 1 aromatic heterocycles. The zero-order chi connectivity index (χ0) is 13.0. The Kier molecular flexibility index (Phi) is 4.12. The van der Waals surface area contributed by atoms with Gasteiger partial charge in [-0.3, -0.25) is 4.79 Å². The Bertz CT molecular complexity index is 496. The maximum Gasteiger partial charge on any atom is 0.241 e. The molecule has 3 nitrogen and oxygen atoms in total. The minimum absolute atomic E-state index is 0.0153. The summed E-state index contributed by atoms with van der Waals surface area (Å²) in [5, 5.41) is 6.95. The van der Waals surface area contributed by atoms with Crippen molar-refractivity contribution in [3.05, 3.63) is 58.3 Å². The molecule has 2 aromatic rings. The first-order valence-corrected chi connectivity index (χ1v) is 6.76. The maximum atomic E-state index is 12.0. The number of carbonyl (C=O) groups is 1. The molecule has 18 heavy (non-hydrogen) atoms. The van der Waals surface area contributed by atoms with Crippen LogP contribution in [0.5, 0.6) is 0 Å². The number of thiophene rings is 1. The highest BCUT2D eigenvalue weighted by atomic mass is 32.1. The van der Waals surface area contributed by atoms with Gasteiger partial charge in [0, 0.05) is 0 Å². The molecule has 0 aliphatic rings. The summed E-state index contributed by atoms with van der Waals surface area (Å²) in [5.74, 6) is -0.153. The van der Waals surface area contributed by atoms with Crippen molar-refractivity contribution in [1.29, 1.82) is 0 Å². The van der Waals surface area contributed by atoms with Gasteiger partial charge in [0.25, 0.3) is 0 Å². The van der Waals surface area contributed by atoms with E-state index in [2.05, 4.69) is 5.32 Å². The third-order valence-electron chi connectivity index (χ3n) is 2.84. The second kappa shape index (κ2) is 5.80. The highest BCUT2D eigenvalue weighted by Gasteiger charge is 2.18. The number of amides is 1. The summed E-state index contributed by atoms with van der Waals surface area (Å²) in [5.41, 5.74) is 7.86. The highest BCUT2D eigenvalue weighted by Crippen LogP contribution is 2.17. The molecule has 3 N–H and O–H groups in total. The first-order valence-electron chi connectivity index (χ1n) is 5.81. The standard InChI is InChI=1S/C14H16N2OS/c1-10(12-7-8-18-9-12)16-14(17)13(15)11-5-3-2-4-6-11/h2-10,13H,15H2,1H3,(H,16,17). The van der Waals surface area contributed by atoms with E-state index in [9.17, 15) is 4.79 Å². The Morgan fingerprint density at radius 2 is 1.94 bits per heavy atom. The molecule has 2 unspecified atom stereocenters. The smallest absolute Gasteiger partial charge is 0.241 e. The van der Waals surface area contributed by atoms with Crippen LogP contribution in [0, 0.1) is 0 Å². The number of hydrogen-bond acceptors (Lipinski definition) is 3. The third-order valence-corrected chi connectivity index (χ3v) is 3.54. The molecule has 0 spiro atoms. The molecule has 1 heterocycles. The van der Waals surface area contributed by atoms with E-state index in [1.54, 1.807) is 11.3 Å². The van der Waals surface area contributed by atoms with Gasteiger partial charge in [0.05, 0.1) is 6.04 Å². The minimum Gasteiger partial charge on any atom is -0.348 e. The summed E-state index contributed by atoms with van der Waals surface area (Å²) in [6.07, 6.45) is 0. The molecular weight excluding hydrogens is 244 g/mol. The van der Waals surface area contributed by atoms with Crippen LogP contribution in [0.2, 0.25) is 0 Å². The molecule has 0 radical (unpaired) electrons. The maximum absolute atomic E-state index is 12.0. The molecule has 0 aliphatic carbocycles. The Balaban J connectivity index is 2.00. The molecule has 0 saturated carbocycles. The third kappa shape index (κ3) is 2.97. The normalized spacial score (nSPS) is 13.9. The zero-order valence-corrected chi connectivity index (χ0v) is 11.0. The van der Waals surface area contributed by atoms with Crippen molar-refractivity contribution in [3.63, 3.8) is 0 Å². The first-order chi connectivity index (χ1) is 8.68. The van der Waals surface area contributed by atoms with Crippen molar-refractivity contribution in [1.82, 2.24) is 5.32 Å². The monoisotopic (exact) mass is 260 g/mol. The van der Waals surface area contributed by atoms with E-state index in [-0.39, 0.29) is 11.9 Å². The van der Waals surface area contributed by atoms with Crippen molar-refractivity contribution < 1.29 is 4.79 Å². The van der Waals surface area contributed by atoms with Crippen molar-refractivity contribution in [3.8, 4) is 0 Å². The van der Waals surface area contributed by atoms with Crippen LogP contribution in [0.3, 0.4) is 0 Å². The van der Waals surface area contributed by atoms with Crippen LogP contribution < -0.4 is 11.1 Å². The molecule has 2 atom stereocenters. The topological polar surface area (TPSA) is 55.1 Å². The molecule has 0 aliphatic heterocycles. The number of rotatable bonds is 4. The fraction of sp³-hybridized carbons (Fsp3) is 0.214. The van der Waals surface area contributed by atoms with Crippen LogP contribution in [0.4, 0.5) is 0 Å². The van der Waals surface area contributed by atoms with Gasteiger partial charge >= 0.3 is 0 Å². The van der Waals surface area contributed by atoms with Crippen LogP contribution in [0.25, 0.3) is 0 Å². The van der Waals surface area contributed by atoms with Crippen LogP contribution in [-0.2, 0) is 4.79 Å². The van der Waals surface area contributed by atoms with Gasteiger partial charge in [-0.1, -0.05) is 30.3 Å². The number of carbonyl (C=O) groups excluding carboxylic acids is 1. The molecule has 0 saturated heterocycles. The lowest BCUT2D eigenvalue weighted by Crippen LogP contribution is -2.35. The zero-order valence-electron chi connectivity index (χ0n) is 10.2. The largest absolute Gasteiger partial charge is 0.348 e. The average molecular weight is 260 g/mol. The van der Waals surface area contributed by atoms with E-state index in [1.165, 1.54) is 0 Å². The van der Waals surface area contributed by atoms with Crippen molar-refractivity contribution in [2.24, 2.45) is 5.73 Å². The molecular formula is C14H16N2OS. The molecule has 2 rings (SSSR count). The van der Waals surface area contributed by atoms with E-state index in [4.69, 9.17) is 5.73 Å². The Labute approximate surface area is 111 Å². The second-order valence-corrected chi connectivity index (χ2v) is 4.96. The van der Waals surface area contributed by atoms with Gasteiger partial charge in [0.15, 0.2) is 0 Å². The van der Waals surface area contributed by atoms with Gasteiger partial charge in [0.2, 0.25) is 5.91 Å². The molecule has 0 fully saturated rings. The van der Waals surface area contributed by atoms with Gasteiger partial charge in [-0.05, 0) is 34.9 Å². The van der Waals surface area contributed by atoms with Crippen molar-refractivity contribution >= 4 is 17.2 Å². The summed E-state index contributed by atoms with van der Waals surface area (Å²) in [7, 11) is 0. The quantitative estimate of drug-likeness (QED) is 0.888. The second-order valence-electron chi connectivity index (χ2n) is 4.18. The predicted octanol–water partition coefficient (Wildman–Crippen LogP) is 2.63. The van der Waals surface area contributed by atoms with Crippen LogP contribution in [0.1, 0.15) is 30.1 Å². The Morgan fingerprint density at radius 3 is 2.56 bits per heavy atom. The summed E-state index contributed by atoms with van der Waals surface area (Å²) in [6, 6.07) is 10.8. The summed E-state index contributed by atoms with van der Waals surface area (Å²) in [6.45, 7) is 1.96. The average Bonchev–Trinajstić information content (AvgIpc) is 2.92. The highest BCUT2D eigenvalue weighted by molar-refractivity contribution is 7.07. The molecule has 94 valence electrons. The lowest BCUT2D eigenvalue weighted by atomic mass is 10.1. The van der Waals surface area contributed by atoms with Gasteiger partial charge in [-0.25, -0.2) is 0 Å². The number of hydrogen-bond donors (Lipinski definition) is 2. The molecule has 1 amide bonds. The van der Waals surface area contributed by atoms with E-state index >= 15 is 0 Å². The van der Waals surface area contributed by atoms with Gasteiger partial charge < -0.3 is 11.1 Å². The van der Waals surface area contributed by atoms with Crippen LogP contribution in [-0.4, -0.2) is 5.91 Å². The lowest BCUT2D eigenvalue weighted by molar-refractivity contribution is -0.123. The van der Waals surface area contributed by atoms with E-state index < -0.39 is 6.04 Å². The van der Waals surface area contributed by atoms with E-state index in [0.29, 0.717) is 0 Å². The summed E-state index contributed by atoms with van der Waals surface area (Å²) in [4.78, 5) is 12.0. The van der Waals surface area contributed by atoms with Crippen LogP contribution >= 0.6 is 11.3 Å². The lowest BCUT2D eigenvalue weighted by Gasteiger charge is -2.17. The number of nitrogens with two attached hydrogens (primary N) is 1. The summed E-state index contributed by atoms with van der Waals surface area (Å²) >= 11 is 1.62. The number of nitrogens with one attached hydrogen (secondary N) is 1. The molecule has 1 aromatic carbocycles. The first kappa shape index (κ1) is 12.8. The Hall–Kier alpha value is -1.65.